The van der Waals surface area contributed by atoms with Crippen LogP contribution in [0.15, 0.2) is 54.6 Å². The van der Waals surface area contributed by atoms with Crippen molar-refractivity contribution in [2.24, 2.45) is 0 Å². The smallest absolute Gasteiger partial charge is 0.103 e. The molecule has 0 aliphatic rings. The number of aryl methyl sites for hydroxylation is 1. The molecule has 0 aliphatic carbocycles. The lowest BCUT2D eigenvalue weighted by Gasteiger charge is -2.05. The third kappa shape index (κ3) is 5.21. The molecule has 0 amide bonds. The number of hydrogen-bond donors (Lipinski definition) is 0. The van der Waals surface area contributed by atoms with Gasteiger partial charge in [0, 0.05) is 17.1 Å². The molecule has 0 saturated carbocycles. The van der Waals surface area contributed by atoms with E-state index < -0.39 is 0 Å². The Balaban J connectivity index is 1.74. The Kier molecular flexibility index (Phi) is 7.33. The van der Waals surface area contributed by atoms with Crippen LogP contribution in [0.4, 0.5) is 0 Å². The van der Waals surface area contributed by atoms with Gasteiger partial charge in [-0.15, -0.1) is 11.3 Å². The molecule has 1 aromatic heterocycles. The predicted octanol–water partition coefficient (Wildman–Crippen LogP) is 7.00. The number of nitrogens with zero attached hydrogens (tertiary/aromatic N) is 1. The van der Waals surface area contributed by atoms with Crippen molar-refractivity contribution in [3.05, 3.63) is 75.7 Å². The molecule has 0 bridgehead atoms. The molecule has 0 spiro atoms. The normalized spacial score (nSPS) is 11.0. The van der Waals surface area contributed by atoms with Gasteiger partial charge in [-0.2, -0.15) is 11.8 Å². The van der Waals surface area contributed by atoms with Gasteiger partial charge in [0.1, 0.15) is 5.01 Å². The zero-order valence-corrected chi connectivity index (χ0v) is 17.3. The van der Waals surface area contributed by atoms with Crippen LogP contribution in [0, 0.1) is 0 Å². The highest BCUT2D eigenvalue weighted by atomic mass is 32.2. The van der Waals surface area contributed by atoms with Gasteiger partial charge in [-0.25, -0.2) is 4.98 Å². The zero-order valence-electron chi connectivity index (χ0n) is 15.7. The molecular formula is C23H27NS2. The van der Waals surface area contributed by atoms with Gasteiger partial charge in [-0.3, -0.25) is 0 Å². The van der Waals surface area contributed by atoms with Crippen molar-refractivity contribution in [2.75, 3.05) is 6.26 Å². The molecule has 3 rings (SSSR count). The largest absolute Gasteiger partial charge is 0.245 e. The second-order valence-corrected chi connectivity index (χ2v) is 8.64. The second-order valence-electron chi connectivity index (χ2n) is 6.61. The van der Waals surface area contributed by atoms with Gasteiger partial charge in [0.2, 0.25) is 0 Å². The summed E-state index contributed by atoms with van der Waals surface area (Å²) < 4.78 is 0. The summed E-state index contributed by atoms with van der Waals surface area (Å²) in [4.78, 5) is 6.39. The van der Waals surface area contributed by atoms with E-state index in [0.717, 1.165) is 18.6 Å². The van der Waals surface area contributed by atoms with E-state index in [-0.39, 0.29) is 0 Å². The minimum Gasteiger partial charge on any atom is -0.245 e. The first-order chi connectivity index (χ1) is 12.8. The maximum Gasteiger partial charge on any atom is 0.103 e. The second kappa shape index (κ2) is 9.94. The molecule has 0 fully saturated rings. The number of hydrogen-bond acceptors (Lipinski definition) is 3. The fourth-order valence-corrected chi connectivity index (χ4v) is 4.97. The van der Waals surface area contributed by atoms with Crippen LogP contribution < -0.4 is 0 Å². The van der Waals surface area contributed by atoms with Crippen LogP contribution in [0.5, 0.6) is 0 Å². The third-order valence-corrected chi connectivity index (χ3v) is 6.38. The Bertz CT molecular complexity index is 791. The molecule has 1 heterocycles. The molecule has 0 N–H and O–H groups in total. The fraction of sp³-hybridized carbons (Fsp3) is 0.348. The summed E-state index contributed by atoms with van der Waals surface area (Å²) in [6.07, 6.45) is 8.08. The van der Waals surface area contributed by atoms with E-state index >= 15 is 0 Å². The molecule has 0 aliphatic heterocycles. The number of unbranched alkanes of at least 4 members (excludes halogenated alkanes) is 2. The monoisotopic (exact) mass is 381 g/mol. The summed E-state index contributed by atoms with van der Waals surface area (Å²) in [6.45, 7) is 2.26. The van der Waals surface area contributed by atoms with Gasteiger partial charge in [0.15, 0.2) is 0 Å². The first-order valence-electron chi connectivity index (χ1n) is 9.41. The number of aromatic nitrogens is 1. The zero-order chi connectivity index (χ0) is 18.2. The van der Waals surface area contributed by atoms with Crippen LogP contribution in [0.2, 0.25) is 0 Å². The predicted molar refractivity (Wildman–Crippen MR) is 117 cm³/mol. The molecule has 26 heavy (non-hydrogen) atoms. The Morgan fingerprint density at radius 3 is 2.35 bits per heavy atom. The summed E-state index contributed by atoms with van der Waals surface area (Å²) in [7, 11) is 0. The van der Waals surface area contributed by atoms with Crippen LogP contribution in [-0.2, 0) is 18.6 Å². The van der Waals surface area contributed by atoms with Gasteiger partial charge in [0.25, 0.3) is 0 Å². The van der Waals surface area contributed by atoms with Crippen LogP contribution in [0.3, 0.4) is 0 Å². The summed E-state index contributed by atoms with van der Waals surface area (Å²) in [6, 6.07) is 19.6. The SMILES string of the molecule is CCCCCc1nc(CSC)sc1Cc1ccc(-c2ccccc2)cc1. The van der Waals surface area contributed by atoms with Crippen molar-refractivity contribution in [1.29, 1.82) is 0 Å². The van der Waals surface area contributed by atoms with E-state index in [1.807, 2.05) is 23.1 Å². The van der Waals surface area contributed by atoms with Crippen LogP contribution in [0.1, 0.15) is 47.3 Å². The maximum absolute atomic E-state index is 4.93. The standard InChI is InChI=1S/C23H27NS2/c1-3-4-6-11-21-22(26-23(24-21)17-25-2)16-18-12-14-20(15-13-18)19-9-7-5-8-10-19/h5,7-10,12-15H,3-4,6,11,16-17H2,1-2H3. The highest BCUT2D eigenvalue weighted by Gasteiger charge is 2.12. The van der Waals surface area contributed by atoms with Crippen LogP contribution in [-0.4, -0.2) is 11.2 Å². The summed E-state index contributed by atoms with van der Waals surface area (Å²) in [5.41, 5.74) is 5.27. The summed E-state index contributed by atoms with van der Waals surface area (Å²) in [5.74, 6) is 1.03. The molecule has 1 nitrogen and oxygen atoms in total. The lowest BCUT2D eigenvalue weighted by atomic mass is 10.0. The van der Waals surface area contributed by atoms with Crippen molar-refractivity contribution in [1.82, 2.24) is 4.98 Å². The van der Waals surface area contributed by atoms with Crippen molar-refractivity contribution in [2.45, 2.75) is 44.8 Å². The Morgan fingerprint density at radius 2 is 1.65 bits per heavy atom. The quantitative estimate of drug-likeness (QED) is 0.370. The van der Waals surface area contributed by atoms with Crippen molar-refractivity contribution in [3.63, 3.8) is 0 Å². The minimum absolute atomic E-state index is 1.00. The molecule has 136 valence electrons. The summed E-state index contributed by atoms with van der Waals surface area (Å²) >= 11 is 3.76. The van der Waals surface area contributed by atoms with E-state index in [1.54, 1.807) is 0 Å². The molecule has 0 radical (unpaired) electrons. The van der Waals surface area contributed by atoms with Gasteiger partial charge in [-0.05, 0) is 35.8 Å². The molecule has 0 unspecified atom stereocenters. The summed E-state index contributed by atoms with van der Waals surface area (Å²) in [5, 5.41) is 1.28. The Hall–Kier alpha value is -1.58. The molecule has 3 aromatic rings. The van der Waals surface area contributed by atoms with Crippen molar-refractivity contribution in [3.8, 4) is 11.1 Å². The molecule has 2 aromatic carbocycles. The van der Waals surface area contributed by atoms with Crippen LogP contribution >= 0.6 is 23.1 Å². The first kappa shape index (κ1) is 19.2. The van der Waals surface area contributed by atoms with Gasteiger partial charge < -0.3 is 0 Å². The van der Waals surface area contributed by atoms with Gasteiger partial charge in [0.05, 0.1) is 5.69 Å². The fourth-order valence-electron chi connectivity index (χ4n) is 3.13. The van der Waals surface area contributed by atoms with Crippen molar-refractivity contribution >= 4 is 23.1 Å². The van der Waals surface area contributed by atoms with E-state index in [1.165, 1.54) is 51.5 Å². The van der Waals surface area contributed by atoms with E-state index in [4.69, 9.17) is 4.98 Å². The molecule has 0 atom stereocenters. The number of thiazole rings is 1. The molecular weight excluding hydrogens is 354 g/mol. The van der Waals surface area contributed by atoms with E-state index in [0.29, 0.717) is 0 Å². The van der Waals surface area contributed by atoms with E-state index in [2.05, 4.69) is 67.8 Å². The molecule has 3 heteroatoms. The Morgan fingerprint density at radius 1 is 0.923 bits per heavy atom. The number of benzene rings is 2. The first-order valence-corrected chi connectivity index (χ1v) is 11.6. The Labute approximate surface area is 165 Å². The lowest BCUT2D eigenvalue weighted by Crippen LogP contribution is -1.94. The molecule has 0 saturated heterocycles. The minimum atomic E-state index is 1.00. The topological polar surface area (TPSA) is 12.9 Å². The maximum atomic E-state index is 4.93. The average Bonchev–Trinajstić information content (AvgIpc) is 3.05. The highest BCUT2D eigenvalue weighted by Crippen LogP contribution is 2.27. The van der Waals surface area contributed by atoms with Crippen molar-refractivity contribution < 1.29 is 0 Å². The number of rotatable bonds is 9. The highest BCUT2D eigenvalue weighted by molar-refractivity contribution is 7.97. The third-order valence-electron chi connectivity index (χ3n) is 4.53. The van der Waals surface area contributed by atoms with E-state index in [9.17, 15) is 0 Å². The van der Waals surface area contributed by atoms with Crippen LogP contribution in [0.25, 0.3) is 11.1 Å². The number of thioether (sulfide) groups is 1. The lowest BCUT2D eigenvalue weighted by molar-refractivity contribution is 0.705. The average molecular weight is 382 g/mol. The van der Waals surface area contributed by atoms with Gasteiger partial charge in [-0.1, -0.05) is 74.4 Å². The van der Waals surface area contributed by atoms with Gasteiger partial charge >= 0.3 is 0 Å².